The minimum absolute atomic E-state index is 0.597. The third-order valence-corrected chi connectivity index (χ3v) is 2.22. The molecule has 0 aliphatic heterocycles. The number of benzene rings is 1. The van der Waals surface area contributed by atoms with Crippen molar-refractivity contribution in [2.24, 2.45) is 0 Å². The molecule has 0 amide bonds. The predicted molar refractivity (Wildman–Crippen MR) is 55.6 cm³/mol. The van der Waals surface area contributed by atoms with Gasteiger partial charge in [-0.25, -0.2) is 18.9 Å². The van der Waals surface area contributed by atoms with Gasteiger partial charge in [0, 0.05) is 0 Å². The summed E-state index contributed by atoms with van der Waals surface area (Å²) in [7, 11) is -0.999. The summed E-state index contributed by atoms with van der Waals surface area (Å²) >= 11 is 0. The van der Waals surface area contributed by atoms with Gasteiger partial charge in [0.25, 0.3) is 0 Å². The molecule has 0 unspecified atom stereocenters. The minimum atomic E-state index is -1.70. The van der Waals surface area contributed by atoms with E-state index in [1.165, 1.54) is 0 Å². The lowest BCUT2D eigenvalue weighted by atomic mass is 10.0. The summed E-state index contributed by atoms with van der Waals surface area (Å²) in [4.78, 5) is 32.6. The summed E-state index contributed by atoms with van der Waals surface area (Å²) in [5, 5.41) is 26.5. The van der Waals surface area contributed by atoms with Crippen LogP contribution in [0.4, 0.5) is 0 Å². The lowest BCUT2D eigenvalue weighted by Crippen LogP contribution is -2.12. The summed E-state index contributed by atoms with van der Waals surface area (Å²) in [6.45, 7) is 0. The van der Waals surface area contributed by atoms with Gasteiger partial charge in [-0.1, -0.05) is 0 Å². The van der Waals surface area contributed by atoms with Gasteiger partial charge in [0.1, 0.15) is 11.1 Å². The Morgan fingerprint density at radius 2 is 1.44 bits per heavy atom. The van der Waals surface area contributed by atoms with Gasteiger partial charge in [-0.05, 0) is 12.1 Å². The molecular weight excluding hydrogens is 267 g/mol. The van der Waals surface area contributed by atoms with E-state index in [0.717, 1.165) is 12.1 Å². The van der Waals surface area contributed by atoms with Crippen LogP contribution in [-0.2, 0) is 4.57 Å². The highest BCUT2D eigenvalue weighted by atomic mass is 31.1. The Balaban J connectivity index is 3.69. The maximum atomic E-state index is 11.0. The Hall–Kier alpha value is -2.47. The number of hydrogen-bond acceptors (Lipinski definition) is 5. The average Bonchev–Trinajstić information content (AvgIpc) is 2.27. The molecule has 0 heterocycles. The zero-order valence-electron chi connectivity index (χ0n) is 8.48. The second-order valence-corrected chi connectivity index (χ2v) is 3.28. The van der Waals surface area contributed by atoms with Crippen LogP contribution >= 0.6 is 8.69 Å². The summed E-state index contributed by atoms with van der Waals surface area (Å²) in [5.41, 5.74) is -2.13. The second kappa shape index (κ2) is 5.24. The third kappa shape index (κ3) is 2.44. The smallest absolute Gasteiger partial charge is 0.395 e. The molecule has 0 radical (unpaired) electrons. The fraction of sp³-hybridized carbons (Fsp3) is 0. The number of rotatable bonds is 5. The highest BCUT2D eigenvalue weighted by Crippen LogP contribution is 2.30. The molecule has 3 N–H and O–H groups in total. The van der Waals surface area contributed by atoms with Gasteiger partial charge in [-0.15, -0.1) is 0 Å². The van der Waals surface area contributed by atoms with Crippen LogP contribution in [0.15, 0.2) is 12.1 Å². The van der Waals surface area contributed by atoms with Crippen molar-refractivity contribution in [3.63, 3.8) is 0 Å². The van der Waals surface area contributed by atoms with Gasteiger partial charge < -0.3 is 19.8 Å². The topological polar surface area (TPSA) is 138 Å². The van der Waals surface area contributed by atoms with Crippen LogP contribution in [0.1, 0.15) is 31.1 Å². The highest BCUT2D eigenvalue weighted by molar-refractivity contribution is 7.17. The lowest BCUT2D eigenvalue weighted by Gasteiger charge is -2.09. The van der Waals surface area contributed by atoms with E-state index < -0.39 is 49.0 Å². The first-order chi connectivity index (χ1) is 8.40. The predicted octanol–water partition coefficient (Wildman–Crippen LogP) is 1.37. The standard InChI is InChI=1S/C9H5O8P/c10-7(11)3-1-2-4(8(12)13)6(17-18-16)5(3)9(14)15/h1-2H,(H,10,11)(H,12,13)(H,14,15). The molecule has 8 nitrogen and oxygen atoms in total. The summed E-state index contributed by atoms with van der Waals surface area (Å²) in [5.74, 6) is -5.58. The fourth-order valence-electron chi connectivity index (χ4n) is 1.27. The van der Waals surface area contributed by atoms with Crippen molar-refractivity contribution in [2.75, 3.05) is 0 Å². The van der Waals surface area contributed by atoms with E-state index in [-0.39, 0.29) is 0 Å². The van der Waals surface area contributed by atoms with Crippen LogP contribution in [-0.4, -0.2) is 33.2 Å². The Kier molecular flexibility index (Phi) is 3.96. The molecule has 18 heavy (non-hydrogen) atoms. The molecule has 1 aromatic rings. The summed E-state index contributed by atoms with van der Waals surface area (Å²) < 4.78 is 14.7. The first-order valence-electron chi connectivity index (χ1n) is 4.26. The maximum Gasteiger partial charge on any atom is 0.395 e. The van der Waals surface area contributed by atoms with Crippen LogP contribution in [0.2, 0.25) is 0 Å². The number of carbonyl (C=O) groups is 3. The normalized spacial score (nSPS) is 10.0. The van der Waals surface area contributed by atoms with Crippen LogP contribution in [0.5, 0.6) is 5.75 Å². The Morgan fingerprint density at radius 3 is 1.83 bits per heavy atom. The first kappa shape index (κ1) is 13.6. The first-order valence-corrected chi connectivity index (χ1v) is 4.99. The molecule has 0 saturated heterocycles. The molecule has 1 aromatic carbocycles. The molecule has 0 aliphatic rings. The monoisotopic (exact) mass is 272 g/mol. The van der Waals surface area contributed by atoms with Crippen molar-refractivity contribution < 1.29 is 38.8 Å². The molecule has 94 valence electrons. The van der Waals surface area contributed by atoms with E-state index in [4.69, 9.17) is 15.3 Å². The number of carboxylic acids is 3. The van der Waals surface area contributed by atoms with Crippen LogP contribution in [0, 0.1) is 0 Å². The van der Waals surface area contributed by atoms with Gasteiger partial charge in [0.05, 0.1) is 5.56 Å². The van der Waals surface area contributed by atoms with E-state index in [1.54, 1.807) is 0 Å². The molecule has 9 heteroatoms. The Morgan fingerprint density at radius 1 is 0.944 bits per heavy atom. The number of carboxylic acid groups (broad SMARTS) is 3. The van der Waals surface area contributed by atoms with Crippen molar-refractivity contribution in [3.8, 4) is 5.75 Å². The van der Waals surface area contributed by atoms with Crippen molar-refractivity contribution in [1.82, 2.24) is 0 Å². The minimum Gasteiger partial charge on any atom is -0.478 e. The van der Waals surface area contributed by atoms with Crippen LogP contribution < -0.4 is 4.52 Å². The molecular formula is C9H5O8P. The Bertz CT molecular complexity index is 550. The van der Waals surface area contributed by atoms with Crippen LogP contribution in [0.25, 0.3) is 0 Å². The van der Waals surface area contributed by atoms with E-state index >= 15 is 0 Å². The zero-order valence-corrected chi connectivity index (χ0v) is 9.38. The number of hydrogen-bond donors (Lipinski definition) is 3. The van der Waals surface area contributed by atoms with E-state index in [2.05, 4.69) is 4.52 Å². The Labute approximate surface area is 101 Å². The summed E-state index contributed by atoms with van der Waals surface area (Å²) in [6.07, 6.45) is 0. The van der Waals surface area contributed by atoms with E-state index in [0.29, 0.717) is 0 Å². The average molecular weight is 272 g/mol. The quantitative estimate of drug-likeness (QED) is 0.683. The largest absolute Gasteiger partial charge is 0.478 e. The number of aromatic carboxylic acids is 3. The van der Waals surface area contributed by atoms with Crippen molar-refractivity contribution in [3.05, 3.63) is 28.8 Å². The highest BCUT2D eigenvalue weighted by Gasteiger charge is 2.27. The maximum absolute atomic E-state index is 11.0. The molecule has 0 bridgehead atoms. The van der Waals surface area contributed by atoms with Crippen molar-refractivity contribution in [1.29, 1.82) is 0 Å². The zero-order chi connectivity index (χ0) is 13.9. The second-order valence-electron chi connectivity index (χ2n) is 2.95. The van der Waals surface area contributed by atoms with E-state index in [1.807, 2.05) is 0 Å². The molecule has 0 aliphatic carbocycles. The van der Waals surface area contributed by atoms with Gasteiger partial charge in [-0.2, -0.15) is 0 Å². The molecule has 0 saturated carbocycles. The molecule has 0 atom stereocenters. The molecule has 1 rings (SSSR count). The van der Waals surface area contributed by atoms with Crippen molar-refractivity contribution in [2.45, 2.75) is 0 Å². The molecule has 0 aromatic heterocycles. The van der Waals surface area contributed by atoms with Crippen LogP contribution in [0.3, 0.4) is 0 Å². The fourth-order valence-corrected chi connectivity index (χ4v) is 1.54. The third-order valence-electron chi connectivity index (χ3n) is 1.96. The summed E-state index contributed by atoms with van der Waals surface area (Å²) in [6, 6.07) is 1.68. The van der Waals surface area contributed by atoms with Gasteiger partial charge in [0.2, 0.25) is 0 Å². The lowest BCUT2D eigenvalue weighted by molar-refractivity contribution is 0.0646. The van der Waals surface area contributed by atoms with Crippen molar-refractivity contribution >= 4 is 26.6 Å². The molecule has 0 spiro atoms. The van der Waals surface area contributed by atoms with Gasteiger partial charge in [0.15, 0.2) is 5.75 Å². The van der Waals surface area contributed by atoms with Gasteiger partial charge >= 0.3 is 26.6 Å². The van der Waals surface area contributed by atoms with Gasteiger partial charge in [-0.3, -0.25) is 0 Å². The SMILES string of the molecule is O=POc1c(C(=O)O)ccc(C(=O)O)c1C(=O)O. The molecule has 0 fully saturated rings. The van der Waals surface area contributed by atoms with E-state index in [9.17, 15) is 18.9 Å².